The second-order valence-corrected chi connectivity index (χ2v) is 4.98. The molecule has 0 amide bonds. The summed E-state index contributed by atoms with van der Waals surface area (Å²) >= 11 is 0. The minimum atomic E-state index is -1.38. The van der Waals surface area contributed by atoms with E-state index < -0.39 is 28.5 Å². The van der Waals surface area contributed by atoms with Crippen molar-refractivity contribution in [1.29, 1.82) is 0 Å². The summed E-state index contributed by atoms with van der Waals surface area (Å²) in [6, 6.07) is 3.01. The Morgan fingerprint density at radius 2 is 1.88 bits per heavy atom. The number of methoxy groups -OCH3 is 2. The number of hydrogen-bond donors (Lipinski definition) is 1. The Kier molecular flexibility index (Phi) is 5.52. The fourth-order valence-electron chi connectivity index (χ4n) is 2.37. The molecular formula is C15H14N2O9. The largest absolute Gasteiger partial charge is 0.478 e. The standard InChI is InChI=1S/C15H14N2O9/c1-24-14(20)10-6-26-7-16(12(10)15(21)25-2)11-5-8(17(22)23)3-4-9(11)13(18)19/h3-5H,6-7H2,1-2H3,(H,18,19). The predicted molar refractivity (Wildman–Crippen MR) is 84.4 cm³/mol. The SMILES string of the molecule is COC(=O)C1=C(C(=O)OC)N(c2cc([N+](=O)[O-])ccc2C(=O)O)COC1. The molecule has 0 saturated carbocycles. The van der Waals surface area contributed by atoms with Gasteiger partial charge in [-0.25, -0.2) is 14.4 Å². The summed E-state index contributed by atoms with van der Waals surface area (Å²) in [5.41, 5.74) is -1.44. The van der Waals surface area contributed by atoms with Crippen molar-refractivity contribution in [2.24, 2.45) is 0 Å². The van der Waals surface area contributed by atoms with Gasteiger partial charge in [0.15, 0.2) is 0 Å². The minimum absolute atomic E-state index is 0.201. The Morgan fingerprint density at radius 3 is 2.42 bits per heavy atom. The third kappa shape index (κ3) is 3.47. The number of esters is 2. The van der Waals surface area contributed by atoms with Crippen LogP contribution in [-0.4, -0.2) is 55.5 Å². The normalized spacial score (nSPS) is 14.0. The fraction of sp³-hybridized carbons (Fsp3) is 0.267. The maximum atomic E-state index is 12.2. The highest BCUT2D eigenvalue weighted by Crippen LogP contribution is 2.32. The van der Waals surface area contributed by atoms with Crippen LogP contribution in [0.4, 0.5) is 11.4 Å². The first kappa shape index (κ1) is 18.9. The lowest BCUT2D eigenvalue weighted by Gasteiger charge is -2.31. The van der Waals surface area contributed by atoms with Crippen molar-refractivity contribution in [2.75, 3.05) is 32.5 Å². The lowest BCUT2D eigenvalue weighted by molar-refractivity contribution is -0.384. The van der Waals surface area contributed by atoms with Crippen LogP contribution in [0.15, 0.2) is 29.5 Å². The van der Waals surface area contributed by atoms with Gasteiger partial charge in [-0.3, -0.25) is 10.1 Å². The summed E-state index contributed by atoms with van der Waals surface area (Å²) in [6.07, 6.45) is 0. The molecule has 1 aliphatic rings. The number of anilines is 1. The fourth-order valence-corrected chi connectivity index (χ4v) is 2.37. The zero-order valence-electron chi connectivity index (χ0n) is 13.8. The van der Waals surface area contributed by atoms with Crippen LogP contribution in [0.2, 0.25) is 0 Å². The Morgan fingerprint density at radius 1 is 1.23 bits per heavy atom. The number of nitro benzene ring substituents is 1. The van der Waals surface area contributed by atoms with Gasteiger partial charge in [0, 0.05) is 12.1 Å². The van der Waals surface area contributed by atoms with Crippen LogP contribution in [0.5, 0.6) is 0 Å². The van der Waals surface area contributed by atoms with Gasteiger partial charge in [0.05, 0.1) is 42.6 Å². The Balaban J connectivity index is 2.73. The third-order valence-electron chi connectivity index (χ3n) is 3.55. The van der Waals surface area contributed by atoms with Crippen LogP contribution in [0.1, 0.15) is 10.4 Å². The molecule has 0 bridgehead atoms. The first-order chi connectivity index (χ1) is 12.3. The summed E-state index contributed by atoms with van der Waals surface area (Å²) in [5, 5.41) is 20.4. The Labute approximate surface area is 146 Å². The lowest BCUT2D eigenvalue weighted by atomic mass is 10.1. The van der Waals surface area contributed by atoms with Gasteiger partial charge in [0.2, 0.25) is 0 Å². The number of nitrogens with zero attached hydrogens (tertiary/aromatic N) is 2. The zero-order valence-corrected chi connectivity index (χ0v) is 13.8. The van der Waals surface area contributed by atoms with Crippen LogP contribution >= 0.6 is 0 Å². The molecule has 0 aromatic heterocycles. The number of non-ortho nitro benzene ring substituents is 1. The molecule has 1 aromatic carbocycles. The molecule has 11 heteroatoms. The average molecular weight is 366 g/mol. The maximum Gasteiger partial charge on any atom is 0.355 e. The quantitative estimate of drug-likeness (QED) is 0.448. The number of carbonyl (C=O) groups is 3. The number of carbonyl (C=O) groups excluding carboxylic acids is 2. The van der Waals surface area contributed by atoms with Crippen molar-refractivity contribution in [3.63, 3.8) is 0 Å². The number of aromatic carboxylic acids is 1. The second-order valence-electron chi connectivity index (χ2n) is 4.98. The molecule has 1 aromatic rings. The van der Waals surface area contributed by atoms with Crippen molar-refractivity contribution < 1.29 is 38.6 Å². The van der Waals surface area contributed by atoms with E-state index in [0.717, 1.165) is 37.3 Å². The van der Waals surface area contributed by atoms with E-state index in [9.17, 15) is 29.6 Å². The average Bonchev–Trinajstić information content (AvgIpc) is 2.65. The van der Waals surface area contributed by atoms with E-state index in [4.69, 9.17) is 4.74 Å². The highest BCUT2D eigenvalue weighted by Gasteiger charge is 2.34. The van der Waals surface area contributed by atoms with E-state index in [-0.39, 0.29) is 35.9 Å². The Hall–Kier alpha value is -3.47. The Bertz CT molecular complexity index is 815. The highest BCUT2D eigenvalue weighted by atomic mass is 16.6. The van der Waals surface area contributed by atoms with Gasteiger partial charge in [-0.2, -0.15) is 0 Å². The smallest absolute Gasteiger partial charge is 0.355 e. The van der Waals surface area contributed by atoms with Crippen LogP contribution < -0.4 is 4.90 Å². The molecule has 0 atom stereocenters. The third-order valence-corrected chi connectivity index (χ3v) is 3.55. The van der Waals surface area contributed by atoms with Gasteiger partial charge >= 0.3 is 17.9 Å². The molecule has 0 aliphatic carbocycles. The van der Waals surface area contributed by atoms with Crippen molar-refractivity contribution in [1.82, 2.24) is 0 Å². The maximum absolute atomic E-state index is 12.2. The molecule has 0 spiro atoms. The number of carboxylic acids is 1. The molecule has 26 heavy (non-hydrogen) atoms. The van der Waals surface area contributed by atoms with Gasteiger partial charge in [-0.1, -0.05) is 0 Å². The molecule has 0 unspecified atom stereocenters. The van der Waals surface area contributed by atoms with Crippen molar-refractivity contribution in [3.8, 4) is 0 Å². The molecule has 0 saturated heterocycles. The molecule has 138 valence electrons. The molecule has 1 N–H and O–H groups in total. The second kappa shape index (κ2) is 7.61. The van der Waals surface area contributed by atoms with Crippen LogP contribution in [0.3, 0.4) is 0 Å². The van der Waals surface area contributed by atoms with Gasteiger partial charge in [0.25, 0.3) is 5.69 Å². The molecule has 0 radical (unpaired) electrons. The number of carboxylic acid groups (broad SMARTS) is 1. The molecular weight excluding hydrogens is 352 g/mol. The molecule has 2 rings (SSSR count). The monoisotopic (exact) mass is 366 g/mol. The lowest BCUT2D eigenvalue weighted by Crippen LogP contribution is -2.39. The van der Waals surface area contributed by atoms with Gasteiger partial charge in [-0.15, -0.1) is 0 Å². The van der Waals surface area contributed by atoms with Gasteiger partial charge in [-0.05, 0) is 6.07 Å². The summed E-state index contributed by atoms with van der Waals surface area (Å²) < 4.78 is 14.5. The minimum Gasteiger partial charge on any atom is -0.478 e. The number of hydrogen-bond acceptors (Lipinski definition) is 9. The first-order valence-corrected chi connectivity index (χ1v) is 7.08. The van der Waals surface area contributed by atoms with E-state index in [0.29, 0.717) is 0 Å². The first-order valence-electron chi connectivity index (χ1n) is 7.08. The molecule has 1 aliphatic heterocycles. The molecule has 1 heterocycles. The van der Waals surface area contributed by atoms with Gasteiger partial charge in [0.1, 0.15) is 12.4 Å². The highest BCUT2D eigenvalue weighted by molar-refractivity contribution is 6.05. The predicted octanol–water partition coefficient (Wildman–Crippen LogP) is 0.687. The van der Waals surface area contributed by atoms with Crippen molar-refractivity contribution in [2.45, 2.75) is 0 Å². The molecule has 0 fully saturated rings. The van der Waals surface area contributed by atoms with Crippen molar-refractivity contribution in [3.05, 3.63) is 45.1 Å². The van der Waals surface area contributed by atoms with E-state index in [1.807, 2.05) is 0 Å². The number of ether oxygens (including phenoxy) is 3. The number of rotatable bonds is 5. The van der Waals surface area contributed by atoms with Crippen LogP contribution in [0, 0.1) is 10.1 Å². The van der Waals surface area contributed by atoms with E-state index in [1.165, 1.54) is 0 Å². The summed E-state index contributed by atoms with van der Waals surface area (Å²) in [4.78, 5) is 47.0. The van der Waals surface area contributed by atoms with Crippen LogP contribution in [-0.2, 0) is 23.8 Å². The summed E-state index contributed by atoms with van der Waals surface area (Å²) in [5.74, 6) is -3.21. The summed E-state index contributed by atoms with van der Waals surface area (Å²) in [7, 11) is 2.17. The number of nitro groups is 1. The topological polar surface area (TPSA) is 146 Å². The van der Waals surface area contributed by atoms with E-state index >= 15 is 0 Å². The van der Waals surface area contributed by atoms with E-state index in [2.05, 4.69) is 9.47 Å². The van der Waals surface area contributed by atoms with Crippen LogP contribution in [0.25, 0.3) is 0 Å². The number of benzene rings is 1. The van der Waals surface area contributed by atoms with Crippen molar-refractivity contribution >= 4 is 29.3 Å². The van der Waals surface area contributed by atoms with E-state index in [1.54, 1.807) is 0 Å². The molecule has 11 nitrogen and oxygen atoms in total. The zero-order chi connectivity index (χ0) is 19.4. The van der Waals surface area contributed by atoms with Gasteiger partial charge < -0.3 is 24.2 Å². The summed E-state index contributed by atoms with van der Waals surface area (Å²) in [6.45, 7) is -0.600.